The Balaban J connectivity index is 1.26. The van der Waals surface area contributed by atoms with Crippen LogP contribution in [-0.2, 0) is 30.7 Å². The van der Waals surface area contributed by atoms with Crippen LogP contribution < -0.4 is 9.47 Å². The lowest BCUT2D eigenvalue weighted by atomic mass is 9.80. The van der Waals surface area contributed by atoms with E-state index in [4.69, 9.17) is 33.3 Å². The number of ether oxygens (including phenoxy) is 4. The van der Waals surface area contributed by atoms with Gasteiger partial charge in [-0.2, -0.15) is 0 Å². The fourth-order valence-corrected chi connectivity index (χ4v) is 9.15. The lowest BCUT2D eigenvalue weighted by Gasteiger charge is -2.40. The van der Waals surface area contributed by atoms with Crippen LogP contribution in [0.2, 0.25) is 18.1 Å². The second-order valence-electron chi connectivity index (χ2n) is 17.0. The molecule has 0 radical (unpaired) electrons. The Kier molecular flexibility index (Phi) is 12.6. The topological polar surface area (TPSA) is 127 Å². The van der Waals surface area contributed by atoms with Gasteiger partial charge in [0.05, 0.1) is 39.2 Å². The minimum absolute atomic E-state index is 0.0452. The van der Waals surface area contributed by atoms with Gasteiger partial charge in [0, 0.05) is 12.0 Å². The molecule has 11 nitrogen and oxygen atoms in total. The summed E-state index contributed by atoms with van der Waals surface area (Å²) in [5.41, 5.74) is 5.48. The van der Waals surface area contributed by atoms with E-state index in [-0.39, 0.29) is 17.7 Å². The van der Waals surface area contributed by atoms with E-state index >= 15 is 0 Å². The molecule has 1 aliphatic heterocycles. The van der Waals surface area contributed by atoms with Crippen LogP contribution >= 0.6 is 0 Å². The van der Waals surface area contributed by atoms with Gasteiger partial charge in [-0.3, -0.25) is 9.36 Å². The molecular weight excluding hydrogens is 773 g/mol. The van der Waals surface area contributed by atoms with Gasteiger partial charge >= 0.3 is 5.97 Å². The molecule has 0 saturated carbocycles. The monoisotopic (exact) mass is 828 g/mol. The van der Waals surface area contributed by atoms with Gasteiger partial charge in [0.2, 0.25) is 0 Å². The molecule has 6 aromatic rings. The molecule has 1 saturated heterocycles. The Morgan fingerprint density at radius 1 is 0.867 bits per heavy atom. The Morgan fingerprint density at radius 2 is 1.50 bits per heavy atom. The van der Waals surface area contributed by atoms with Crippen LogP contribution in [0.4, 0.5) is 0 Å². The van der Waals surface area contributed by atoms with Crippen LogP contribution in [0.5, 0.6) is 11.5 Å². The van der Waals surface area contributed by atoms with Crippen LogP contribution in [0.25, 0.3) is 22.4 Å². The van der Waals surface area contributed by atoms with Crippen molar-refractivity contribution in [1.82, 2.24) is 19.5 Å². The van der Waals surface area contributed by atoms with Crippen molar-refractivity contribution in [1.29, 1.82) is 0 Å². The van der Waals surface area contributed by atoms with Crippen molar-refractivity contribution in [3.05, 3.63) is 138 Å². The highest BCUT2D eigenvalue weighted by Crippen LogP contribution is 2.45. The predicted molar refractivity (Wildman–Crippen MR) is 235 cm³/mol. The zero-order chi connectivity index (χ0) is 42.7. The SMILES string of the molecule is CCC(Cc1cccc(-c2ncnc3c2ncn3[C@H]2C[C@H](O[Si](C)(C)C(C)(C)C)[C@@H](COC(c3ccccc3)(c3ccc(OC)cc3)c3ccc(OC)cc3)O2)c1)C(=O)O. The molecule has 2 aromatic heterocycles. The van der Waals surface area contributed by atoms with Gasteiger partial charge in [-0.15, -0.1) is 0 Å². The third-order valence-electron chi connectivity index (χ3n) is 12.3. The summed E-state index contributed by atoms with van der Waals surface area (Å²) in [6.45, 7) is 13.4. The first-order valence-corrected chi connectivity index (χ1v) is 23.5. The van der Waals surface area contributed by atoms with Gasteiger partial charge < -0.3 is 28.5 Å². The summed E-state index contributed by atoms with van der Waals surface area (Å²) in [5, 5.41) is 9.66. The summed E-state index contributed by atoms with van der Waals surface area (Å²) in [5.74, 6) is 0.231. The minimum atomic E-state index is -2.30. The summed E-state index contributed by atoms with van der Waals surface area (Å²) in [6, 6.07) is 34.2. The highest BCUT2D eigenvalue weighted by molar-refractivity contribution is 6.74. The second-order valence-corrected chi connectivity index (χ2v) is 21.7. The van der Waals surface area contributed by atoms with E-state index in [0.29, 0.717) is 36.1 Å². The highest BCUT2D eigenvalue weighted by Gasteiger charge is 2.47. The summed E-state index contributed by atoms with van der Waals surface area (Å²) in [6.07, 6.45) is 3.63. The first kappa shape index (κ1) is 42.7. The molecule has 0 bridgehead atoms. The third-order valence-corrected chi connectivity index (χ3v) is 16.8. The summed E-state index contributed by atoms with van der Waals surface area (Å²) < 4.78 is 34.8. The number of hydrogen-bond acceptors (Lipinski definition) is 9. The van der Waals surface area contributed by atoms with Gasteiger partial charge in [-0.05, 0) is 83.6 Å². The van der Waals surface area contributed by atoms with E-state index in [1.165, 1.54) is 0 Å². The Bertz CT molecular complexity index is 2330. The van der Waals surface area contributed by atoms with E-state index in [9.17, 15) is 9.90 Å². The maximum Gasteiger partial charge on any atom is 0.306 e. The van der Waals surface area contributed by atoms with Crippen molar-refractivity contribution in [2.75, 3.05) is 20.8 Å². The largest absolute Gasteiger partial charge is 0.497 e. The van der Waals surface area contributed by atoms with Crippen LogP contribution in [-0.4, -0.2) is 71.9 Å². The number of aliphatic carboxylic acids is 1. The first-order chi connectivity index (χ1) is 28.8. The fraction of sp³-hybridized carbons (Fsp3) is 0.375. The zero-order valence-corrected chi connectivity index (χ0v) is 36.8. The van der Waals surface area contributed by atoms with Crippen molar-refractivity contribution in [3.63, 3.8) is 0 Å². The van der Waals surface area contributed by atoms with Crippen molar-refractivity contribution in [3.8, 4) is 22.8 Å². The number of imidazole rings is 1. The summed E-state index contributed by atoms with van der Waals surface area (Å²) >= 11 is 0. The lowest BCUT2D eigenvalue weighted by molar-refractivity contribution is -0.141. The van der Waals surface area contributed by atoms with Crippen molar-refractivity contribution in [2.24, 2.45) is 5.92 Å². The Labute approximate surface area is 353 Å². The van der Waals surface area contributed by atoms with E-state index in [0.717, 1.165) is 39.3 Å². The number of carbonyl (C=O) groups is 1. The molecule has 7 rings (SSSR count). The maximum atomic E-state index is 11.8. The van der Waals surface area contributed by atoms with Gasteiger partial charge in [-0.1, -0.05) is 100 Å². The number of hydrogen-bond donors (Lipinski definition) is 1. The van der Waals surface area contributed by atoms with Crippen LogP contribution in [0.3, 0.4) is 0 Å². The average molecular weight is 829 g/mol. The second kappa shape index (κ2) is 17.7. The number of nitrogens with zero attached hydrogens (tertiary/aromatic N) is 4. The third kappa shape index (κ3) is 8.60. The molecule has 1 N–H and O–H groups in total. The molecule has 0 spiro atoms. The van der Waals surface area contributed by atoms with Gasteiger partial charge in [0.1, 0.15) is 47.0 Å². The molecular formula is C48H56N4O7Si. The molecule has 1 fully saturated rings. The van der Waals surface area contributed by atoms with Crippen LogP contribution in [0.1, 0.15) is 69.0 Å². The standard InChI is InChI=1S/C48H56N4O7Si/c1-9-33(46(53)54)26-32-14-13-15-34(27-32)43-44-45(50-30-49-43)52(31-51-44)42-28-40(59-60(7,8)47(2,3)4)41(58-42)29-57-48(35-16-11-10-12-17-35,36-18-22-38(55-5)23-19-36)37-20-24-39(56-6)25-21-37/h10-25,27,30-31,33,40-42H,9,26,28-29H2,1-8H3,(H,53,54)/t33?,40-,41+,42+/m0/s1. The average Bonchev–Trinajstić information content (AvgIpc) is 3.87. The molecule has 1 aliphatic rings. The Hall–Kier alpha value is -5.40. The zero-order valence-electron chi connectivity index (χ0n) is 35.8. The summed E-state index contributed by atoms with van der Waals surface area (Å²) in [7, 11) is 1.03. The quantitative estimate of drug-likeness (QED) is 0.0744. The number of carboxylic acid groups (broad SMARTS) is 1. The fourth-order valence-electron chi connectivity index (χ4n) is 7.79. The van der Waals surface area contributed by atoms with Crippen molar-refractivity contribution >= 4 is 25.5 Å². The molecule has 12 heteroatoms. The van der Waals surface area contributed by atoms with E-state index < -0.39 is 38.1 Å². The smallest absolute Gasteiger partial charge is 0.306 e. The number of fused-ring (bicyclic) bond motifs is 1. The van der Waals surface area contributed by atoms with Crippen molar-refractivity contribution < 1.29 is 33.3 Å². The first-order valence-electron chi connectivity index (χ1n) is 20.6. The normalized spacial score (nSPS) is 17.8. The van der Waals surface area contributed by atoms with Gasteiger partial charge in [0.25, 0.3) is 0 Å². The van der Waals surface area contributed by atoms with Crippen molar-refractivity contribution in [2.45, 2.75) is 89.1 Å². The van der Waals surface area contributed by atoms with E-state index in [1.807, 2.05) is 78.2 Å². The predicted octanol–water partition coefficient (Wildman–Crippen LogP) is 9.85. The number of benzene rings is 4. The maximum absolute atomic E-state index is 11.8. The van der Waals surface area contributed by atoms with E-state index in [2.05, 4.69) is 75.2 Å². The van der Waals surface area contributed by atoms with Gasteiger partial charge in [-0.25, -0.2) is 15.0 Å². The molecule has 3 heterocycles. The van der Waals surface area contributed by atoms with Crippen LogP contribution in [0.15, 0.2) is 116 Å². The molecule has 0 aliphatic carbocycles. The molecule has 1 unspecified atom stereocenters. The van der Waals surface area contributed by atoms with Crippen LogP contribution in [0, 0.1) is 5.92 Å². The number of rotatable bonds is 16. The number of aromatic nitrogens is 4. The molecule has 4 aromatic carbocycles. The molecule has 4 atom stereocenters. The lowest BCUT2D eigenvalue weighted by Crippen LogP contribution is -2.47. The molecule has 314 valence electrons. The number of methoxy groups -OCH3 is 2. The molecule has 60 heavy (non-hydrogen) atoms. The number of carboxylic acids is 1. The van der Waals surface area contributed by atoms with E-state index in [1.54, 1.807) is 26.9 Å². The molecule has 0 amide bonds. The Morgan fingerprint density at radius 3 is 2.08 bits per heavy atom. The minimum Gasteiger partial charge on any atom is -0.497 e. The van der Waals surface area contributed by atoms with Gasteiger partial charge in [0.15, 0.2) is 14.0 Å². The highest BCUT2D eigenvalue weighted by atomic mass is 28.4. The summed E-state index contributed by atoms with van der Waals surface area (Å²) in [4.78, 5) is 26.1.